The average Bonchev–Trinajstić information content (AvgIpc) is 3.19. The van der Waals surface area contributed by atoms with Crippen LogP contribution in [-0.4, -0.2) is 28.9 Å². The molecule has 5 heteroatoms. The molecule has 206 valence electrons. The van der Waals surface area contributed by atoms with E-state index >= 15 is 0 Å². The second kappa shape index (κ2) is 10.1. The van der Waals surface area contributed by atoms with Crippen LogP contribution in [-0.2, 0) is 17.9 Å². The number of imidazole rings is 1. The van der Waals surface area contributed by atoms with Crippen molar-refractivity contribution in [3.8, 4) is 51.2 Å². The van der Waals surface area contributed by atoms with Gasteiger partial charge in [0.05, 0.1) is 31.2 Å². The van der Waals surface area contributed by atoms with Crippen molar-refractivity contribution in [2.45, 2.75) is 66.2 Å². The van der Waals surface area contributed by atoms with Crippen LogP contribution in [0, 0.1) is 13.8 Å². The summed E-state index contributed by atoms with van der Waals surface area (Å²) in [7, 11) is 5.38. The molecule has 1 aromatic heterocycles. The molecule has 1 heterocycles. The fourth-order valence-electron chi connectivity index (χ4n) is 5.76. The molecule has 4 aromatic rings. The SMILES string of the molecule is COc1cccc(-c2c(-c3cccc(OC)c3C)nc(-c3cc(C(C)(C)C)c(C)c(C(C)(C)C)c3O)n2C)c1. The highest BCUT2D eigenvalue weighted by atomic mass is 16.5. The van der Waals surface area contributed by atoms with E-state index in [1.807, 2.05) is 37.4 Å². The average molecular weight is 527 g/mol. The first-order valence-corrected chi connectivity index (χ1v) is 13.4. The van der Waals surface area contributed by atoms with Gasteiger partial charge in [-0.3, -0.25) is 0 Å². The largest absolute Gasteiger partial charge is 0.507 e. The number of hydrogen-bond acceptors (Lipinski definition) is 4. The van der Waals surface area contributed by atoms with Gasteiger partial charge in [-0.25, -0.2) is 4.98 Å². The van der Waals surface area contributed by atoms with Crippen LogP contribution in [0.4, 0.5) is 0 Å². The lowest BCUT2D eigenvalue weighted by Crippen LogP contribution is -2.20. The Balaban J connectivity index is 2.14. The van der Waals surface area contributed by atoms with Gasteiger partial charge in [0.1, 0.15) is 23.1 Å². The Labute approximate surface area is 233 Å². The van der Waals surface area contributed by atoms with Crippen molar-refractivity contribution in [1.82, 2.24) is 9.55 Å². The van der Waals surface area contributed by atoms with Crippen LogP contribution in [0.3, 0.4) is 0 Å². The maximum absolute atomic E-state index is 11.8. The molecule has 5 nitrogen and oxygen atoms in total. The molecule has 1 N–H and O–H groups in total. The van der Waals surface area contributed by atoms with Gasteiger partial charge in [-0.2, -0.15) is 0 Å². The summed E-state index contributed by atoms with van der Waals surface area (Å²) in [5.74, 6) is 2.57. The van der Waals surface area contributed by atoms with E-state index < -0.39 is 0 Å². The van der Waals surface area contributed by atoms with Crippen LogP contribution in [0.2, 0.25) is 0 Å². The zero-order valence-corrected chi connectivity index (χ0v) is 25.3. The van der Waals surface area contributed by atoms with Crippen LogP contribution in [0.1, 0.15) is 63.8 Å². The van der Waals surface area contributed by atoms with Crippen LogP contribution in [0.25, 0.3) is 33.9 Å². The van der Waals surface area contributed by atoms with Crippen molar-refractivity contribution >= 4 is 0 Å². The lowest BCUT2D eigenvalue weighted by molar-refractivity contribution is 0.412. The van der Waals surface area contributed by atoms with Gasteiger partial charge < -0.3 is 19.1 Å². The lowest BCUT2D eigenvalue weighted by Gasteiger charge is -2.31. The van der Waals surface area contributed by atoms with E-state index in [1.165, 1.54) is 5.56 Å². The van der Waals surface area contributed by atoms with Crippen LogP contribution in [0.15, 0.2) is 48.5 Å². The smallest absolute Gasteiger partial charge is 0.144 e. The Kier molecular flexibility index (Phi) is 7.33. The fourth-order valence-corrected chi connectivity index (χ4v) is 5.76. The third-order valence-corrected chi connectivity index (χ3v) is 7.56. The number of ether oxygens (including phenoxy) is 2. The Morgan fingerprint density at radius 2 is 1.46 bits per heavy atom. The first kappa shape index (κ1) is 28.3. The summed E-state index contributed by atoms with van der Waals surface area (Å²) in [6.45, 7) is 17.3. The summed E-state index contributed by atoms with van der Waals surface area (Å²) < 4.78 is 13.3. The van der Waals surface area contributed by atoms with Crippen molar-refractivity contribution < 1.29 is 14.6 Å². The molecule has 4 rings (SSSR count). The molecule has 0 radical (unpaired) electrons. The van der Waals surface area contributed by atoms with Gasteiger partial charge in [-0.05, 0) is 60.1 Å². The molecule has 0 bridgehead atoms. The predicted octanol–water partition coefficient (Wildman–Crippen LogP) is 8.36. The molecule has 3 aromatic carbocycles. The van der Waals surface area contributed by atoms with Crippen molar-refractivity contribution in [2.24, 2.45) is 7.05 Å². The van der Waals surface area contributed by atoms with Crippen molar-refractivity contribution in [2.75, 3.05) is 14.2 Å². The molecule has 0 fully saturated rings. The Hall–Kier alpha value is -3.73. The van der Waals surface area contributed by atoms with Crippen molar-refractivity contribution in [3.63, 3.8) is 0 Å². The van der Waals surface area contributed by atoms with Crippen molar-refractivity contribution in [3.05, 3.63) is 70.8 Å². The molecular formula is C34H42N2O3. The molecule has 0 unspecified atom stereocenters. The second-order valence-electron chi connectivity index (χ2n) is 12.4. The topological polar surface area (TPSA) is 56.5 Å². The molecule has 0 aliphatic rings. The molecule has 0 aliphatic carbocycles. The number of hydrogen-bond donors (Lipinski definition) is 1. The van der Waals surface area contributed by atoms with E-state index in [0.29, 0.717) is 5.82 Å². The van der Waals surface area contributed by atoms with Gasteiger partial charge in [-0.15, -0.1) is 0 Å². The third kappa shape index (κ3) is 5.03. The molecule has 39 heavy (non-hydrogen) atoms. The summed E-state index contributed by atoms with van der Waals surface area (Å²) >= 11 is 0. The highest BCUT2D eigenvalue weighted by Gasteiger charge is 2.31. The fraction of sp³-hybridized carbons (Fsp3) is 0.382. The first-order valence-electron chi connectivity index (χ1n) is 13.4. The van der Waals surface area contributed by atoms with E-state index in [0.717, 1.165) is 56.3 Å². The summed E-state index contributed by atoms with van der Waals surface area (Å²) in [4.78, 5) is 5.26. The van der Waals surface area contributed by atoms with Crippen LogP contribution < -0.4 is 9.47 Å². The minimum absolute atomic E-state index is 0.112. The molecule has 0 saturated carbocycles. The van der Waals surface area contributed by atoms with Gasteiger partial charge in [-0.1, -0.05) is 65.8 Å². The second-order valence-corrected chi connectivity index (χ2v) is 12.4. The van der Waals surface area contributed by atoms with Gasteiger partial charge in [0, 0.05) is 29.3 Å². The number of benzene rings is 3. The molecule has 0 amide bonds. The third-order valence-electron chi connectivity index (χ3n) is 7.56. The van der Waals surface area contributed by atoms with E-state index in [1.54, 1.807) is 14.2 Å². The summed E-state index contributed by atoms with van der Waals surface area (Å²) in [6, 6.07) is 16.2. The maximum Gasteiger partial charge on any atom is 0.144 e. The normalized spacial score (nSPS) is 12.1. The number of phenols is 1. The zero-order valence-electron chi connectivity index (χ0n) is 25.3. The van der Waals surface area contributed by atoms with E-state index in [2.05, 4.69) is 78.2 Å². The van der Waals surface area contributed by atoms with Crippen LogP contribution >= 0.6 is 0 Å². The standard InChI is InChI=1S/C34H42N2O3/c1-20-24(16-13-17-27(20)39-11)29-30(22-14-12-15-23(18-22)38-10)36(9)32(35-29)25-19-26(33(3,4)5)21(2)28(31(25)37)34(6,7)8/h12-19,37H,1-11H3. The maximum atomic E-state index is 11.8. The lowest BCUT2D eigenvalue weighted by atomic mass is 9.75. The predicted molar refractivity (Wildman–Crippen MR) is 161 cm³/mol. The Morgan fingerprint density at radius 1 is 0.795 bits per heavy atom. The summed E-state index contributed by atoms with van der Waals surface area (Å²) in [5, 5.41) is 11.8. The number of nitrogens with zero attached hydrogens (tertiary/aromatic N) is 2. The molecule has 0 saturated heterocycles. The zero-order chi connectivity index (χ0) is 28.9. The molecule has 0 aliphatic heterocycles. The molecular weight excluding hydrogens is 484 g/mol. The number of phenolic OH excluding ortho intramolecular Hbond substituents is 1. The van der Waals surface area contributed by atoms with Crippen LogP contribution in [0.5, 0.6) is 17.2 Å². The van der Waals surface area contributed by atoms with Gasteiger partial charge in [0.15, 0.2) is 0 Å². The number of aromatic nitrogens is 2. The minimum atomic E-state index is -0.253. The van der Waals surface area contributed by atoms with Crippen molar-refractivity contribution in [1.29, 1.82) is 0 Å². The molecule has 0 spiro atoms. The summed E-state index contributed by atoms with van der Waals surface area (Å²) in [5.41, 5.74) is 8.38. The highest BCUT2D eigenvalue weighted by Crippen LogP contribution is 2.47. The first-order chi connectivity index (χ1) is 18.2. The van der Waals surface area contributed by atoms with Gasteiger partial charge >= 0.3 is 0 Å². The Morgan fingerprint density at radius 3 is 2.05 bits per heavy atom. The summed E-state index contributed by atoms with van der Waals surface area (Å²) in [6.07, 6.45) is 0. The number of rotatable bonds is 5. The molecule has 0 atom stereocenters. The number of aromatic hydroxyl groups is 1. The number of methoxy groups -OCH3 is 2. The monoisotopic (exact) mass is 526 g/mol. The van der Waals surface area contributed by atoms with E-state index in [4.69, 9.17) is 14.5 Å². The van der Waals surface area contributed by atoms with Gasteiger partial charge in [0.25, 0.3) is 0 Å². The minimum Gasteiger partial charge on any atom is -0.507 e. The van der Waals surface area contributed by atoms with E-state index in [-0.39, 0.29) is 16.6 Å². The van der Waals surface area contributed by atoms with Gasteiger partial charge in [0.2, 0.25) is 0 Å². The van der Waals surface area contributed by atoms with E-state index in [9.17, 15) is 5.11 Å². The Bertz CT molecular complexity index is 1530. The quantitative estimate of drug-likeness (QED) is 0.284. The highest BCUT2D eigenvalue weighted by molar-refractivity contribution is 5.86.